The normalized spacial score (nSPS) is 11.8. The van der Waals surface area contributed by atoms with Crippen molar-refractivity contribution in [2.45, 2.75) is 11.8 Å². The number of carbonyl (C=O) groups is 1. The van der Waals surface area contributed by atoms with Crippen LogP contribution in [0.3, 0.4) is 0 Å². The minimum absolute atomic E-state index is 0.0338. The van der Waals surface area contributed by atoms with Crippen LogP contribution in [0.25, 0.3) is 11.0 Å². The molecule has 0 aliphatic heterocycles. The molecule has 0 atom stereocenters. The maximum Gasteiger partial charge on any atom is 0.255 e. The molecule has 0 bridgehead atoms. The second-order valence-electron chi connectivity index (χ2n) is 5.08. The van der Waals surface area contributed by atoms with Crippen molar-refractivity contribution in [3.63, 3.8) is 0 Å². The maximum absolute atomic E-state index is 12.9. The summed E-state index contributed by atoms with van der Waals surface area (Å²) >= 11 is 11.1. The fourth-order valence-electron chi connectivity index (χ4n) is 2.49. The first kappa shape index (κ1) is 17.0. The van der Waals surface area contributed by atoms with Crippen LogP contribution in [-0.2, 0) is 10.0 Å². The molecule has 0 aliphatic carbocycles. The largest absolute Gasteiger partial charge is 0.461 e. The summed E-state index contributed by atoms with van der Waals surface area (Å²) in [6.07, 6.45) is 0. The maximum atomic E-state index is 12.9. The van der Waals surface area contributed by atoms with Gasteiger partial charge in [-0.15, -0.1) is 4.24 Å². The molecule has 0 spiro atoms. The zero-order chi connectivity index (χ0) is 17.5. The van der Waals surface area contributed by atoms with Gasteiger partial charge in [0.05, 0.1) is 10.6 Å². The summed E-state index contributed by atoms with van der Waals surface area (Å²) in [5.41, 5.74) is 1.14. The summed E-state index contributed by atoms with van der Waals surface area (Å²) in [5, 5.41) is 0.628. The average Bonchev–Trinajstić information content (AvgIpc) is 2.90. The molecule has 2 aromatic carbocycles. The fourth-order valence-corrected chi connectivity index (χ4v) is 3.85. The molecule has 5 nitrogen and oxygen atoms in total. The Kier molecular flexibility index (Phi) is 4.40. The number of carbonyl (C=O) groups excluding carboxylic acids is 1. The van der Waals surface area contributed by atoms with E-state index in [0.29, 0.717) is 22.3 Å². The first-order valence-electron chi connectivity index (χ1n) is 6.80. The van der Waals surface area contributed by atoms with E-state index < -0.39 is 10.0 Å². The number of furan rings is 1. The van der Waals surface area contributed by atoms with Crippen molar-refractivity contribution >= 4 is 50.2 Å². The van der Waals surface area contributed by atoms with Gasteiger partial charge in [-0.3, -0.25) is 4.79 Å². The molecule has 24 heavy (non-hydrogen) atoms. The number of nitrogens with one attached hydrogen (secondary N) is 1. The molecule has 3 rings (SSSR count). The van der Waals surface area contributed by atoms with E-state index in [1.165, 1.54) is 18.2 Å². The van der Waals surface area contributed by atoms with Crippen molar-refractivity contribution in [1.29, 1.82) is 0 Å². The first-order valence-corrected chi connectivity index (χ1v) is 9.04. The third kappa shape index (κ3) is 2.82. The van der Waals surface area contributed by atoms with E-state index in [1.807, 2.05) is 0 Å². The van der Waals surface area contributed by atoms with Crippen LogP contribution in [0, 0.1) is 6.92 Å². The van der Waals surface area contributed by atoms with Crippen molar-refractivity contribution in [2.24, 2.45) is 0 Å². The predicted octanol–water partition coefficient (Wildman–Crippen LogP) is 4.06. The molecule has 3 aromatic rings. The second kappa shape index (κ2) is 6.22. The van der Waals surface area contributed by atoms with Crippen molar-refractivity contribution in [2.75, 3.05) is 0 Å². The van der Waals surface area contributed by atoms with Crippen LogP contribution in [0.2, 0.25) is 5.02 Å². The molecule has 1 aromatic heterocycles. The number of para-hydroxylation sites is 1. The highest BCUT2D eigenvalue weighted by molar-refractivity contribution is 7.90. The van der Waals surface area contributed by atoms with Crippen LogP contribution < -0.4 is 4.24 Å². The summed E-state index contributed by atoms with van der Waals surface area (Å²) in [7, 11) is -4.00. The molecule has 0 aliphatic rings. The number of halogens is 2. The molecule has 0 saturated heterocycles. The number of benzene rings is 2. The number of aryl methyl sites for hydroxylation is 1. The number of rotatable bonds is 4. The van der Waals surface area contributed by atoms with Gasteiger partial charge in [0.1, 0.15) is 16.2 Å². The number of hydrogen-bond acceptors (Lipinski definition) is 4. The topological polar surface area (TPSA) is 76.4 Å². The molecule has 124 valence electrons. The third-order valence-electron chi connectivity index (χ3n) is 3.58. The Labute approximate surface area is 148 Å². The molecule has 1 heterocycles. The van der Waals surface area contributed by atoms with E-state index in [9.17, 15) is 13.2 Å². The average molecular weight is 384 g/mol. The van der Waals surface area contributed by atoms with Crippen LogP contribution in [0.4, 0.5) is 0 Å². The standard InChI is InChI=1S/C16H11Cl2NO4S/c1-9-15(11-4-2-3-5-13(11)23-9)16(20)10-6-7-12(17)14(8-10)24(21,22)19-18/h2-8,19H,1H3. The molecule has 0 radical (unpaired) electrons. The van der Waals surface area contributed by atoms with Crippen molar-refractivity contribution in [3.05, 3.63) is 64.4 Å². The molecule has 0 fully saturated rings. The Hall–Kier alpha value is -1.86. The minimum atomic E-state index is -4.00. The van der Waals surface area contributed by atoms with E-state index in [0.717, 1.165) is 0 Å². The lowest BCUT2D eigenvalue weighted by molar-refractivity contribution is 0.103. The molecule has 0 unspecified atom stereocenters. The van der Waals surface area contributed by atoms with Crippen molar-refractivity contribution in [3.8, 4) is 0 Å². The lowest BCUT2D eigenvalue weighted by Crippen LogP contribution is -2.15. The second-order valence-corrected chi connectivity index (χ2v) is 7.56. The summed E-state index contributed by atoms with van der Waals surface area (Å²) in [6.45, 7) is 1.68. The summed E-state index contributed by atoms with van der Waals surface area (Å²) in [5.74, 6) is 0.0937. The zero-order valence-corrected chi connectivity index (χ0v) is 14.7. The van der Waals surface area contributed by atoms with E-state index in [1.54, 1.807) is 35.4 Å². The number of hydrogen-bond donors (Lipinski definition) is 1. The lowest BCUT2D eigenvalue weighted by Gasteiger charge is -2.07. The van der Waals surface area contributed by atoms with Gasteiger partial charge in [0, 0.05) is 10.9 Å². The van der Waals surface area contributed by atoms with Gasteiger partial charge in [-0.2, -0.15) is 0 Å². The molecule has 8 heteroatoms. The smallest absolute Gasteiger partial charge is 0.255 e. The predicted molar refractivity (Wildman–Crippen MR) is 92.0 cm³/mol. The van der Waals surface area contributed by atoms with Gasteiger partial charge in [-0.05, 0) is 43.0 Å². The van der Waals surface area contributed by atoms with Crippen LogP contribution >= 0.6 is 23.4 Å². The number of sulfonamides is 1. The Morgan fingerprint density at radius 1 is 1.17 bits per heavy atom. The Balaban J connectivity index is 2.17. The van der Waals surface area contributed by atoms with Gasteiger partial charge in [0.15, 0.2) is 5.78 Å². The van der Waals surface area contributed by atoms with Gasteiger partial charge >= 0.3 is 0 Å². The van der Waals surface area contributed by atoms with Crippen LogP contribution in [0.1, 0.15) is 21.7 Å². The molecular formula is C16H11Cl2NO4S. The highest BCUT2D eigenvalue weighted by atomic mass is 35.5. The molecule has 0 amide bonds. The Bertz CT molecular complexity index is 1060. The highest BCUT2D eigenvalue weighted by Gasteiger charge is 2.23. The zero-order valence-electron chi connectivity index (χ0n) is 12.3. The van der Waals surface area contributed by atoms with Crippen LogP contribution in [0.5, 0.6) is 0 Å². The summed E-state index contributed by atoms with van der Waals surface area (Å²) < 4.78 is 31.1. The van der Waals surface area contributed by atoms with Gasteiger partial charge in [0.25, 0.3) is 10.0 Å². The van der Waals surface area contributed by atoms with E-state index in [4.69, 9.17) is 27.8 Å². The number of fused-ring (bicyclic) bond motifs is 1. The Morgan fingerprint density at radius 3 is 2.58 bits per heavy atom. The third-order valence-corrected chi connectivity index (χ3v) is 5.75. The van der Waals surface area contributed by atoms with Gasteiger partial charge in [-0.25, -0.2) is 8.42 Å². The Morgan fingerprint density at radius 2 is 1.88 bits per heavy atom. The summed E-state index contributed by atoms with van der Waals surface area (Å²) in [4.78, 5) is 12.6. The van der Waals surface area contributed by atoms with Gasteiger partial charge in [-0.1, -0.05) is 29.8 Å². The molecule has 1 N–H and O–H groups in total. The van der Waals surface area contributed by atoms with E-state index in [2.05, 4.69) is 0 Å². The van der Waals surface area contributed by atoms with Crippen LogP contribution in [-0.4, -0.2) is 14.2 Å². The quantitative estimate of drug-likeness (QED) is 0.544. The number of ketones is 1. The summed E-state index contributed by atoms with van der Waals surface area (Å²) in [6, 6.07) is 11.1. The molecular weight excluding hydrogens is 373 g/mol. The minimum Gasteiger partial charge on any atom is -0.461 e. The van der Waals surface area contributed by atoms with Crippen LogP contribution in [0.15, 0.2) is 51.8 Å². The SMILES string of the molecule is Cc1oc2ccccc2c1C(=O)c1ccc(Cl)c(S(=O)(=O)NCl)c1. The highest BCUT2D eigenvalue weighted by Crippen LogP contribution is 2.29. The lowest BCUT2D eigenvalue weighted by atomic mass is 10.0. The first-order chi connectivity index (χ1) is 11.3. The van der Waals surface area contributed by atoms with Crippen molar-refractivity contribution in [1.82, 2.24) is 4.24 Å². The van der Waals surface area contributed by atoms with E-state index in [-0.39, 0.29) is 21.3 Å². The van der Waals surface area contributed by atoms with E-state index >= 15 is 0 Å². The van der Waals surface area contributed by atoms with Gasteiger partial charge < -0.3 is 4.42 Å². The molecule has 0 saturated carbocycles. The van der Waals surface area contributed by atoms with Gasteiger partial charge in [0.2, 0.25) is 0 Å². The monoisotopic (exact) mass is 383 g/mol. The fraction of sp³-hybridized carbons (Fsp3) is 0.0625. The van der Waals surface area contributed by atoms with Crippen molar-refractivity contribution < 1.29 is 17.6 Å².